The van der Waals surface area contributed by atoms with E-state index in [1.807, 2.05) is 44.2 Å². The predicted molar refractivity (Wildman–Crippen MR) is 141 cm³/mol. The summed E-state index contributed by atoms with van der Waals surface area (Å²) < 4.78 is 5.67. The van der Waals surface area contributed by atoms with Crippen molar-refractivity contribution >= 4 is 53.1 Å². The van der Waals surface area contributed by atoms with Crippen LogP contribution in [0.4, 0.5) is 5.69 Å². The lowest BCUT2D eigenvalue weighted by Crippen LogP contribution is -2.39. The van der Waals surface area contributed by atoms with Gasteiger partial charge in [0.2, 0.25) is 5.91 Å². The van der Waals surface area contributed by atoms with Gasteiger partial charge in [0.05, 0.1) is 29.6 Å². The molecule has 1 aliphatic rings. The van der Waals surface area contributed by atoms with Crippen LogP contribution in [0.25, 0.3) is 0 Å². The molecule has 1 amide bonds. The molecular weight excluding hydrogens is 541 g/mol. The zero-order chi connectivity index (χ0) is 22.1. The van der Waals surface area contributed by atoms with Gasteiger partial charge in [0.15, 0.2) is 5.96 Å². The van der Waals surface area contributed by atoms with Crippen LogP contribution in [0.3, 0.4) is 0 Å². The fourth-order valence-electron chi connectivity index (χ4n) is 3.67. The van der Waals surface area contributed by atoms with E-state index in [-0.39, 0.29) is 35.9 Å². The van der Waals surface area contributed by atoms with E-state index in [1.165, 1.54) is 12.8 Å². The van der Waals surface area contributed by atoms with Crippen molar-refractivity contribution in [2.24, 2.45) is 4.99 Å². The number of nitrogens with zero attached hydrogens (tertiary/aromatic N) is 2. The number of amides is 1. The molecule has 0 radical (unpaired) electrons. The molecule has 0 spiro atoms. The number of nitrogens with one attached hydrogen (secondary N) is 3. The normalized spacial score (nSPS) is 15.2. The summed E-state index contributed by atoms with van der Waals surface area (Å²) in [5, 5.41) is 9.90. The van der Waals surface area contributed by atoms with Crippen molar-refractivity contribution in [1.82, 2.24) is 15.5 Å². The molecule has 1 aromatic carbocycles. The zero-order valence-corrected chi connectivity index (χ0v) is 21.8. The van der Waals surface area contributed by atoms with Crippen LogP contribution in [-0.4, -0.2) is 49.5 Å². The monoisotopic (exact) mass is 573 g/mol. The molecule has 32 heavy (non-hydrogen) atoms. The fraction of sp³-hybridized carbons (Fsp3) is 0.478. The van der Waals surface area contributed by atoms with Gasteiger partial charge in [0.1, 0.15) is 5.76 Å². The summed E-state index contributed by atoms with van der Waals surface area (Å²) >= 11 is 6.20. The van der Waals surface area contributed by atoms with Crippen LogP contribution in [-0.2, 0) is 4.79 Å². The third kappa shape index (κ3) is 7.97. The molecule has 1 fully saturated rings. The minimum Gasteiger partial charge on any atom is -0.468 e. The van der Waals surface area contributed by atoms with Crippen LogP contribution < -0.4 is 16.0 Å². The number of anilines is 1. The second kappa shape index (κ2) is 13.7. The first-order chi connectivity index (χ1) is 15.1. The summed E-state index contributed by atoms with van der Waals surface area (Å²) in [5.41, 5.74) is 1.68. The van der Waals surface area contributed by atoms with Gasteiger partial charge in [-0.2, -0.15) is 0 Å². The highest BCUT2D eigenvalue weighted by Crippen LogP contribution is 2.26. The first kappa shape index (κ1) is 26.5. The average molecular weight is 574 g/mol. The molecule has 3 rings (SSSR count). The number of aliphatic imine (C=N–C) groups is 1. The molecule has 0 bridgehead atoms. The number of likely N-dealkylation sites (tertiary alicyclic amines) is 1. The fourth-order valence-corrected chi connectivity index (χ4v) is 3.95. The Morgan fingerprint density at radius 3 is 2.69 bits per heavy atom. The third-order valence-electron chi connectivity index (χ3n) is 5.26. The average Bonchev–Trinajstić information content (AvgIpc) is 3.45. The lowest BCUT2D eigenvalue weighted by molar-refractivity contribution is -0.116. The number of aryl methyl sites for hydroxylation is 1. The Morgan fingerprint density at radius 1 is 1.25 bits per heavy atom. The maximum Gasteiger partial charge on any atom is 0.226 e. The highest BCUT2D eigenvalue weighted by atomic mass is 127. The highest BCUT2D eigenvalue weighted by Gasteiger charge is 2.25. The second-order valence-electron chi connectivity index (χ2n) is 7.70. The van der Waals surface area contributed by atoms with E-state index in [0.717, 1.165) is 31.0 Å². The summed E-state index contributed by atoms with van der Waals surface area (Å²) in [6.45, 7) is 7.91. The van der Waals surface area contributed by atoms with Crippen LogP contribution in [0.1, 0.15) is 43.6 Å². The quantitative estimate of drug-likeness (QED) is 0.232. The number of carbonyl (C=O) groups excluding carboxylic acids is 1. The molecule has 0 saturated carbocycles. The molecule has 1 aromatic heterocycles. The first-order valence-corrected chi connectivity index (χ1v) is 11.3. The minimum atomic E-state index is -0.0976. The molecule has 9 heteroatoms. The number of rotatable bonds is 9. The van der Waals surface area contributed by atoms with E-state index in [4.69, 9.17) is 21.0 Å². The SMILES string of the molecule is CCNC(=NCC(c1ccco1)N1CCCC1)NCCC(=O)Nc1ccc(C)cc1Cl.I. The molecule has 7 nitrogen and oxygen atoms in total. The van der Waals surface area contributed by atoms with Gasteiger partial charge in [-0.1, -0.05) is 17.7 Å². The van der Waals surface area contributed by atoms with E-state index < -0.39 is 0 Å². The van der Waals surface area contributed by atoms with Gasteiger partial charge in [-0.3, -0.25) is 14.7 Å². The van der Waals surface area contributed by atoms with Crippen LogP contribution in [0, 0.1) is 6.92 Å². The van der Waals surface area contributed by atoms with E-state index in [0.29, 0.717) is 36.2 Å². The van der Waals surface area contributed by atoms with Crippen LogP contribution in [0.5, 0.6) is 0 Å². The summed E-state index contributed by atoms with van der Waals surface area (Å²) in [4.78, 5) is 19.5. The number of hydrogen-bond donors (Lipinski definition) is 3. The van der Waals surface area contributed by atoms with Gasteiger partial charge in [-0.25, -0.2) is 0 Å². The van der Waals surface area contributed by atoms with Crippen molar-refractivity contribution in [3.05, 3.63) is 52.9 Å². The molecule has 3 N–H and O–H groups in total. The minimum absolute atomic E-state index is 0. The molecule has 2 heterocycles. The van der Waals surface area contributed by atoms with Gasteiger partial charge in [0, 0.05) is 19.5 Å². The number of benzene rings is 1. The van der Waals surface area contributed by atoms with Crippen LogP contribution in [0.15, 0.2) is 46.0 Å². The van der Waals surface area contributed by atoms with Crippen LogP contribution in [0.2, 0.25) is 5.02 Å². The number of furan rings is 1. The Morgan fingerprint density at radius 2 is 2.03 bits per heavy atom. The number of halogens is 2. The van der Waals surface area contributed by atoms with Gasteiger partial charge >= 0.3 is 0 Å². The van der Waals surface area contributed by atoms with E-state index in [9.17, 15) is 4.79 Å². The van der Waals surface area contributed by atoms with Gasteiger partial charge < -0.3 is 20.4 Å². The van der Waals surface area contributed by atoms with E-state index in [1.54, 1.807) is 6.26 Å². The van der Waals surface area contributed by atoms with E-state index in [2.05, 4.69) is 20.9 Å². The molecule has 0 aliphatic carbocycles. The molecule has 1 unspecified atom stereocenters. The topological polar surface area (TPSA) is 81.9 Å². The Kier molecular flexibility index (Phi) is 11.3. The number of carbonyl (C=O) groups is 1. The number of guanidine groups is 1. The van der Waals surface area contributed by atoms with Crippen molar-refractivity contribution in [2.45, 2.75) is 39.2 Å². The largest absolute Gasteiger partial charge is 0.468 e. The van der Waals surface area contributed by atoms with E-state index >= 15 is 0 Å². The van der Waals surface area contributed by atoms with Gasteiger partial charge in [-0.05, 0) is 69.6 Å². The molecule has 2 aromatic rings. The first-order valence-electron chi connectivity index (χ1n) is 10.9. The molecule has 1 aliphatic heterocycles. The molecular formula is C23H33ClIN5O2. The van der Waals surface area contributed by atoms with Crippen molar-refractivity contribution in [3.63, 3.8) is 0 Å². The van der Waals surface area contributed by atoms with Gasteiger partial charge in [-0.15, -0.1) is 24.0 Å². The maximum absolute atomic E-state index is 12.3. The highest BCUT2D eigenvalue weighted by molar-refractivity contribution is 14.0. The summed E-state index contributed by atoms with van der Waals surface area (Å²) in [7, 11) is 0. The Labute approximate surface area is 212 Å². The summed E-state index contributed by atoms with van der Waals surface area (Å²) in [6, 6.07) is 9.64. The lowest BCUT2D eigenvalue weighted by Gasteiger charge is -2.24. The second-order valence-corrected chi connectivity index (χ2v) is 8.11. The van der Waals surface area contributed by atoms with Gasteiger partial charge in [0.25, 0.3) is 0 Å². The van der Waals surface area contributed by atoms with Crippen molar-refractivity contribution < 1.29 is 9.21 Å². The molecule has 1 atom stereocenters. The van der Waals surface area contributed by atoms with Crippen molar-refractivity contribution in [1.29, 1.82) is 0 Å². The third-order valence-corrected chi connectivity index (χ3v) is 5.58. The number of hydrogen-bond acceptors (Lipinski definition) is 4. The Balaban J connectivity index is 0.00000363. The Hall–Kier alpha value is -1.78. The maximum atomic E-state index is 12.3. The summed E-state index contributed by atoms with van der Waals surface area (Å²) in [6.07, 6.45) is 4.44. The summed E-state index contributed by atoms with van der Waals surface area (Å²) in [5.74, 6) is 1.54. The lowest BCUT2D eigenvalue weighted by atomic mass is 10.2. The Bertz CT molecular complexity index is 869. The predicted octanol–water partition coefficient (Wildman–Crippen LogP) is 4.58. The standard InChI is InChI=1S/C23H32ClN5O2.HI/c1-3-25-23(26-11-10-22(30)28-19-9-8-17(2)15-18(19)24)27-16-20(21-7-6-14-31-21)29-12-4-5-13-29;/h6-9,14-15,20H,3-5,10-13,16H2,1-2H3,(H,28,30)(H2,25,26,27);1H. The molecule has 176 valence electrons. The van der Waals surface area contributed by atoms with Crippen LogP contribution >= 0.6 is 35.6 Å². The smallest absolute Gasteiger partial charge is 0.226 e. The van der Waals surface area contributed by atoms with Crippen molar-refractivity contribution in [3.8, 4) is 0 Å². The van der Waals surface area contributed by atoms with Crippen molar-refractivity contribution in [2.75, 3.05) is 38.0 Å². The zero-order valence-electron chi connectivity index (χ0n) is 18.7. The molecule has 1 saturated heterocycles.